The van der Waals surface area contributed by atoms with Crippen molar-refractivity contribution >= 4 is 28.8 Å². The Labute approximate surface area is 175 Å². The second kappa shape index (κ2) is 10.8. The van der Waals surface area contributed by atoms with Gasteiger partial charge in [0.05, 0.1) is 6.21 Å². The van der Waals surface area contributed by atoms with Gasteiger partial charge >= 0.3 is 11.8 Å². The van der Waals surface area contributed by atoms with Crippen LogP contribution in [0.3, 0.4) is 0 Å². The number of nitrogens with one attached hydrogen (secondary N) is 2. The van der Waals surface area contributed by atoms with Crippen LogP contribution < -0.4 is 15.5 Å². The van der Waals surface area contributed by atoms with Crippen LogP contribution in [0.2, 0.25) is 0 Å². The molecule has 0 spiro atoms. The standard InChI is InChI=1S/C24H25N3O3/c1-2-3-15-25-23(28)24(29)27-26-16-21-20-12-8-7-11-19(20)13-14-22(21)30-17-18-9-5-4-6-10-18/h4-14,16H,2-3,15,17H2,1H3,(H,25,28)(H,27,29)/b26-16+. The normalized spacial score (nSPS) is 10.8. The number of hydrogen-bond acceptors (Lipinski definition) is 4. The van der Waals surface area contributed by atoms with Crippen LogP contribution in [-0.2, 0) is 16.2 Å². The van der Waals surface area contributed by atoms with Gasteiger partial charge in [-0.3, -0.25) is 9.59 Å². The van der Waals surface area contributed by atoms with E-state index in [0.717, 1.165) is 34.7 Å². The van der Waals surface area contributed by atoms with Crippen LogP contribution in [0.1, 0.15) is 30.9 Å². The van der Waals surface area contributed by atoms with Crippen LogP contribution in [0.5, 0.6) is 5.75 Å². The smallest absolute Gasteiger partial charge is 0.329 e. The summed E-state index contributed by atoms with van der Waals surface area (Å²) in [5.74, 6) is -0.851. The first-order chi connectivity index (χ1) is 14.7. The van der Waals surface area contributed by atoms with Crippen molar-refractivity contribution in [1.29, 1.82) is 0 Å². The van der Waals surface area contributed by atoms with Gasteiger partial charge in [0.15, 0.2) is 0 Å². The minimum Gasteiger partial charge on any atom is -0.488 e. The molecule has 0 aliphatic heterocycles. The number of carbonyl (C=O) groups is 2. The van der Waals surface area contributed by atoms with E-state index in [1.807, 2.05) is 73.7 Å². The number of carbonyl (C=O) groups excluding carboxylic acids is 2. The number of unbranched alkanes of at least 4 members (excludes halogenated alkanes) is 1. The number of nitrogens with zero attached hydrogens (tertiary/aromatic N) is 1. The maximum absolute atomic E-state index is 11.9. The topological polar surface area (TPSA) is 79.8 Å². The molecule has 0 heterocycles. The number of ether oxygens (including phenoxy) is 1. The predicted octanol–water partition coefficient (Wildman–Crippen LogP) is 3.79. The molecule has 0 aromatic heterocycles. The third-order valence-corrected chi connectivity index (χ3v) is 4.55. The molecule has 3 aromatic carbocycles. The number of fused-ring (bicyclic) bond motifs is 1. The van der Waals surface area contributed by atoms with Crippen molar-refractivity contribution in [2.45, 2.75) is 26.4 Å². The molecule has 0 bridgehead atoms. The van der Waals surface area contributed by atoms with E-state index in [9.17, 15) is 9.59 Å². The van der Waals surface area contributed by atoms with Crippen LogP contribution in [0.4, 0.5) is 0 Å². The fourth-order valence-corrected chi connectivity index (χ4v) is 2.94. The third kappa shape index (κ3) is 5.67. The lowest BCUT2D eigenvalue weighted by Gasteiger charge is -2.12. The second-order valence-corrected chi connectivity index (χ2v) is 6.78. The lowest BCUT2D eigenvalue weighted by Crippen LogP contribution is -2.38. The fraction of sp³-hybridized carbons (Fsp3) is 0.208. The molecule has 0 fully saturated rings. The maximum Gasteiger partial charge on any atom is 0.329 e. The third-order valence-electron chi connectivity index (χ3n) is 4.55. The molecule has 2 amide bonds. The number of rotatable bonds is 8. The molecule has 0 atom stereocenters. The highest BCUT2D eigenvalue weighted by Gasteiger charge is 2.12. The Morgan fingerprint density at radius 2 is 1.73 bits per heavy atom. The van der Waals surface area contributed by atoms with E-state index in [1.54, 1.807) is 0 Å². The van der Waals surface area contributed by atoms with Gasteiger partial charge in [0.2, 0.25) is 0 Å². The summed E-state index contributed by atoms with van der Waals surface area (Å²) in [6, 6.07) is 21.6. The lowest BCUT2D eigenvalue weighted by atomic mass is 10.0. The molecule has 0 aliphatic rings. The van der Waals surface area contributed by atoms with E-state index < -0.39 is 11.8 Å². The maximum atomic E-state index is 11.9. The van der Waals surface area contributed by atoms with Crippen LogP contribution in [0, 0.1) is 0 Å². The zero-order chi connectivity index (χ0) is 21.2. The van der Waals surface area contributed by atoms with Crippen LogP contribution in [0.15, 0.2) is 71.8 Å². The molecule has 6 heteroatoms. The number of amides is 2. The molecule has 0 radical (unpaired) electrons. The van der Waals surface area contributed by atoms with Gasteiger partial charge in [-0.15, -0.1) is 0 Å². The van der Waals surface area contributed by atoms with Gasteiger partial charge < -0.3 is 10.1 Å². The Kier molecular flexibility index (Phi) is 7.55. The average molecular weight is 403 g/mol. The van der Waals surface area contributed by atoms with Crippen molar-refractivity contribution in [2.75, 3.05) is 6.54 Å². The predicted molar refractivity (Wildman–Crippen MR) is 118 cm³/mol. The van der Waals surface area contributed by atoms with Gasteiger partial charge in [-0.2, -0.15) is 5.10 Å². The van der Waals surface area contributed by atoms with Crippen molar-refractivity contribution in [3.8, 4) is 5.75 Å². The van der Waals surface area contributed by atoms with E-state index in [0.29, 0.717) is 18.9 Å². The van der Waals surface area contributed by atoms with Crippen molar-refractivity contribution in [1.82, 2.24) is 10.7 Å². The summed E-state index contributed by atoms with van der Waals surface area (Å²) in [7, 11) is 0. The van der Waals surface area contributed by atoms with Gasteiger partial charge in [0, 0.05) is 12.1 Å². The van der Waals surface area contributed by atoms with Gasteiger partial charge in [-0.1, -0.05) is 74.0 Å². The summed E-state index contributed by atoms with van der Waals surface area (Å²) >= 11 is 0. The molecule has 154 valence electrons. The Hall–Kier alpha value is -3.67. The minimum absolute atomic E-state index is 0.409. The first kappa shape index (κ1) is 21.0. The van der Waals surface area contributed by atoms with E-state index in [2.05, 4.69) is 15.8 Å². The Balaban J connectivity index is 1.76. The zero-order valence-electron chi connectivity index (χ0n) is 16.9. The molecule has 3 rings (SSSR count). The highest BCUT2D eigenvalue weighted by atomic mass is 16.5. The second-order valence-electron chi connectivity index (χ2n) is 6.78. The highest BCUT2D eigenvalue weighted by Crippen LogP contribution is 2.27. The molecule has 3 aromatic rings. The highest BCUT2D eigenvalue weighted by molar-refractivity contribution is 6.35. The van der Waals surface area contributed by atoms with Crippen molar-refractivity contribution < 1.29 is 14.3 Å². The fourth-order valence-electron chi connectivity index (χ4n) is 2.94. The Bertz CT molecular complexity index is 1030. The summed E-state index contributed by atoms with van der Waals surface area (Å²) in [6.45, 7) is 2.89. The van der Waals surface area contributed by atoms with Crippen molar-refractivity contribution in [3.05, 3.63) is 77.9 Å². The summed E-state index contributed by atoms with van der Waals surface area (Å²) in [6.07, 6.45) is 3.27. The zero-order valence-corrected chi connectivity index (χ0v) is 16.9. The lowest BCUT2D eigenvalue weighted by molar-refractivity contribution is -0.139. The summed E-state index contributed by atoms with van der Waals surface area (Å²) in [5.41, 5.74) is 4.07. The minimum atomic E-state index is -0.797. The van der Waals surface area contributed by atoms with Crippen LogP contribution in [-0.4, -0.2) is 24.6 Å². The largest absolute Gasteiger partial charge is 0.488 e. The molecule has 30 heavy (non-hydrogen) atoms. The Morgan fingerprint density at radius 1 is 0.967 bits per heavy atom. The first-order valence-corrected chi connectivity index (χ1v) is 9.98. The summed E-state index contributed by atoms with van der Waals surface area (Å²) in [4.78, 5) is 23.7. The van der Waals surface area contributed by atoms with E-state index >= 15 is 0 Å². The summed E-state index contributed by atoms with van der Waals surface area (Å²) < 4.78 is 6.02. The first-order valence-electron chi connectivity index (χ1n) is 9.98. The van der Waals surface area contributed by atoms with Gasteiger partial charge in [0.25, 0.3) is 0 Å². The molecule has 0 unspecified atom stereocenters. The van der Waals surface area contributed by atoms with Gasteiger partial charge in [-0.25, -0.2) is 5.43 Å². The number of hydrazone groups is 1. The van der Waals surface area contributed by atoms with E-state index in [1.165, 1.54) is 6.21 Å². The monoisotopic (exact) mass is 403 g/mol. The Morgan fingerprint density at radius 3 is 2.53 bits per heavy atom. The van der Waals surface area contributed by atoms with Crippen LogP contribution in [0.25, 0.3) is 10.8 Å². The molecule has 0 aliphatic carbocycles. The summed E-state index contributed by atoms with van der Waals surface area (Å²) in [5, 5.41) is 8.51. The van der Waals surface area contributed by atoms with E-state index in [4.69, 9.17) is 4.74 Å². The van der Waals surface area contributed by atoms with Gasteiger partial charge in [0.1, 0.15) is 12.4 Å². The molecule has 2 N–H and O–H groups in total. The molecular formula is C24H25N3O3. The van der Waals surface area contributed by atoms with Crippen molar-refractivity contribution in [2.24, 2.45) is 5.10 Å². The van der Waals surface area contributed by atoms with Gasteiger partial charge in [-0.05, 0) is 28.8 Å². The number of benzene rings is 3. The number of hydrogen-bond donors (Lipinski definition) is 2. The molecule has 6 nitrogen and oxygen atoms in total. The SMILES string of the molecule is CCCCNC(=O)C(=O)N/N=C/c1c(OCc2ccccc2)ccc2ccccc12. The average Bonchev–Trinajstić information content (AvgIpc) is 2.79. The van der Waals surface area contributed by atoms with E-state index in [-0.39, 0.29) is 0 Å². The molecular weight excluding hydrogens is 378 g/mol. The molecule has 0 saturated carbocycles. The van der Waals surface area contributed by atoms with Crippen molar-refractivity contribution in [3.63, 3.8) is 0 Å². The van der Waals surface area contributed by atoms with Crippen LogP contribution >= 0.6 is 0 Å². The quantitative estimate of drug-likeness (QED) is 0.260. The molecule has 0 saturated heterocycles.